The normalized spacial score (nSPS) is 18.4. The molecule has 2 aromatic carbocycles. The second kappa shape index (κ2) is 12.2. The van der Waals surface area contributed by atoms with Crippen molar-refractivity contribution >= 4 is 17.8 Å². The molecule has 0 bridgehead atoms. The molecule has 0 radical (unpaired) electrons. The molecule has 3 rings (SSSR count). The number of hydrogen-bond acceptors (Lipinski definition) is 4. The Labute approximate surface area is 190 Å². The second-order valence-electron chi connectivity index (χ2n) is 8.39. The molecule has 0 N–H and O–H groups in total. The Kier molecular flexibility index (Phi) is 9.00. The van der Waals surface area contributed by atoms with Crippen LogP contribution in [0.1, 0.15) is 55.2 Å². The van der Waals surface area contributed by atoms with Crippen LogP contribution in [-0.4, -0.2) is 31.1 Å². The molecule has 1 fully saturated rings. The van der Waals surface area contributed by atoms with Gasteiger partial charge in [-0.05, 0) is 61.3 Å². The summed E-state index contributed by atoms with van der Waals surface area (Å²) in [7, 11) is 0. The third-order valence-electron chi connectivity index (χ3n) is 5.78. The van der Waals surface area contributed by atoms with E-state index >= 15 is 0 Å². The summed E-state index contributed by atoms with van der Waals surface area (Å²) in [5.41, 5.74) is 3.81. The van der Waals surface area contributed by atoms with Gasteiger partial charge in [0.25, 0.3) is 0 Å². The van der Waals surface area contributed by atoms with Gasteiger partial charge in [0.05, 0.1) is 12.7 Å². The first-order valence-corrected chi connectivity index (χ1v) is 11.3. The quantitative estimate of drug-likeness (QED) is 0.276. The molecule has 1 aliphatic carbocycles. The van der Waals surface area contributed by atoms with Crippen LogP contribution in [-0.2, 0) is 25.5 Å². The lowest BCUT2D eigenvalue weighted by Gasteiger charge is -2.29. The van der Waals surface area contributed by atoms with Gasteiger partial charge in [0.2, 0.25) is 0 Å². The summed E-state index contributed by atoms with van der Waals surface area (Å²) in [6, 6.07) is 18.3. The third kappa shape index (κ3) is 7.61. The van der Waals surface area contributed by atoms with Crippen molar-refractivity contribution in [1.82, 2.24) is 0 Å². The van der Waals surface area contributed by atoms with Crippen LogP contribution >= 0.6 is 0 Å². The number of allylic oxidation sites excluding steroid dienone is 1. The van der Waals surface area contributed by atoms with Crippen molar-refractivity contribution in [2.75, 3.05) is 13.2 Å². The van der Waals surface area contributed by atoms with E-state index in [1.807, 2.05) is 36.4 Å². The predicted octanol–water partition coefficient (Wildman–Crippen LogP) is 5.67. The molecule has 0 amide bonds. The highest BCUT2D eigenvalue weighted by atomic mass is 16.6. The zero-order valence-corrected chi connectivity index (χ0v) is 18.8. The maximum Gasteiger partial charge on any atom is 0.333 e. The van der Waals surface area contributed by atoms with Gasteiger partial charge in [0, 0.05) is 12.0 Å². The molecule has 0 atom stereocenters. The maximum absolute atomic E-state index is 12.3. The minimum atomic E-state index is -0.366. The fourth-order valence-electron chi connectivity index (χ4n) is 3.96. The molecule has 0 saturated heterocycles. The maximum atomic E-state index is 12.3. The van der Waals surface area contributed by atoms with E-state index in [-0.39, 0.29) is 24.5 Å². The van der Waals surface area contributed by atoms with E-state index in [0.29, 0.717) is 24.5 Å². The molecular formula is C28H32O4. The zero-order chi connectivity index (χ0) is 22.8. The van der Waals surface area contributed by atoms with E-state index in [4.69, 9.17) is 9.47 Å². The van der Waals surface area contributed by atoms with Crippen LogP contribution in [0, 0.1) is 0 Å². The highest BCUT2D eigenvalue weighted by Gasteiger charge is 2.23. The minimum absolute atomic E-state index is 0.105. The summed E-state index contributed by atoms with van der Waals surface area (Å²) < 4.78 is 10.9. The van der Waals surface area contributed by atoms with Crippen molar-refractivity contribution in [3.05, 3.63) is 89.5 Å². The Morgan fingerprint density at radius 1 is 0.969 bits per heavy atom. The van der Waals surface area contributed by atoms with Gasteiger partial charge in [-0.25, -0.2) is 4.79 Å². The zero-order valence-electron chi connectivity index (χ0n) is 18.8. The molecule has 0 spiro atoms. The van der Waals surface area contributed by atoms with E-state index in [1.165, 1.54) is 5.56 Å². The minimum Gasteiger partial charge on any atom is -0.460 e. The summed E-state index contributed by atoms with van der Waals surface area (Å²) >= 11 is 0. The number of rotatable bonds is 10. The molecule has 4 nitrogen and oxygen atoms in total. The number of benzene rings is 2. The van der Waals surface area contributed by atoms with Gasteiger partial charge in [-0.15, -0.1) is 0 Å². The largest absolute Gasteiger partial charge is 0.460 e. The van der Waals surface area contributed by atoms with Crippen LogP contribution in [0.25, 0.3) is 6.08 Å². The lowest BCUT2D eigenvalue weighted by Crippen LogP contribution is -2.23. The number of carbonyl (C=O) groups excluding carboxylic acids is 2. The average molecular weight is 433 g/mol. The molecule has 4 heteroatoms. The van der Waals surface area contributed by atoms with Crippen LogP contribution in [0.2, 0.25) is 0 Å². The molecule has 0 heterocycles. The van der Waals surface area contributed by atoms with Gasteiger partial charge in [-0.3, -0.25) is 4.79 Å². The smallest absolute Gasteiger partial charge is 0.333 e. The average Bonchev–Trinajstić information content (AvgIpc) is 2.82. The first kappa shape index (κ1) is 23.7. The molecule has 32 heavy (non-hydrogen) atoms. The third-order valence-corrected chi connectivity index (χ3v) is 5.78. The summed E-state index contributed by atoms with van der Waals surface area (Å²) in [6.45, 7) is 5.90. The van der Waals surface area contributed by atoms with Crippen molar-refractivity contribution in [3.8, 4) is 0 Å². The van der Waals surface area contributed by atoms with Gasteiger partial charge in [-0.1, -0.05) is 67.3 Å². The van der Waals surface area contributed by atoms with Gasteiger partial charge in [-0.2, -0.15) is 0 Å². The summed E-state index contributed by atoms with van der Waals surface area (Å²) in [4.78, 5) is 23.6. The number of ketones is 1. The first-order chi connectivity index (χ1) is 15.5. The molecule has 0 aliphatic heterocycles. The predicted molar refractivity (Wildman–Crippen MR) is 127 cm³/mol. The Hall–Kier alpha value is -2.98. The van der Waals surface area contributed by atoms with E-state index < -0.39 is 0 Å². The van der Waals surface area contributed by atoms with Gasteiger partial charge >= 0.3 is 5.97 Å². The van der Waals surface area contributed by atoms with E-state index in [9.17, 15) is 9.59 Å². The van der Waals surface area contributed by atoms with E-state index in [1.54, 1.807) is 13.0 Å². The monoisotopic (exact) mass is 432 g/mol. The Morgan fingerprint density at radius 2 is 1.66 bits per heavy atom. The summed E-state index contributed by atoms with van der Waals surface area (Å²) in [5.74, 6) is 0.265. The summed E-state index contributed by atoms with van der Waals surface area (Å²) in [5, 5.41) is 0. The fourth-order valence-corrected chi connectivity index (χ4v) is 3.96. The highest BCUT2D eigenvalue weighted by Crippen LogP contribution is 2.34. The Morgan fingerprint density at radius 3 is 2.31 bits per heavy atom. The molecule has 168 valence electrons. The van der Waals surface area contributed by atoms with Crippen molar-refractivity contribution in [2.24, 2.45) is 0 Å². The van der Waals surface area contributed by atoms with Gasteiger partial charge < -0.3 is 9.47 Å². The highest BCUT2D eigenvalue weighted by molar-refractivity contribution is 5.95. The SMILES string of the molecule is C=C(C)C(=O)OCCOC1CCC(c2ccc(CC(=O)/C=C/c3ccccc3)cc2)CC1. The lowest BCUT2D eigenvalue weighted by molar-refractivity contribution is -0.141. The van der Waals surface area contributed by atoms with Crippen LogP contribution in [0.3, 0.4) is 0 Å². The van der Waals surface area contributed by atoms with Crippen LogP contribution in [0.4, 0.5) is 0 Å². The Bertz CT molecular complexity index is 920. The summed E-state index contributed by atoms with van der Waals surface area (Å²) in [6.07, 6.45) is 8.32. The van der Waals surface area contributed by atoms with Gasteiger partial charge in [0.1, 0.15) is 6.61 Å². The second-order valence-corrected chi connectivity index (χ2v) is 8.39. The van der Waals surface area contributed by atoms with E-state index in [0.717, 1.165) is 36.8 Å². The topological polar surface area (TPSA) is 52.6 Å². The molecule has 1 aliphatic rings. The van der Waals surface area contributed by atoms with Crippen molar-refractivity contribution in [2.45, 2.75) is 51.0 Å². The van der Waals surface area contributed by atoms with Crippen molar-refractivity contribution in [3.63, 3.8) is 0 Å². The van der Waals surface area contributed by atoms with Gasteiger partial charge in [0.15, 0.2) is 5.78 Å². The fraction of sp³-hybridized carbons (Fsp3) is 0.357. The standard InChI is InChI=1S/C28H32O4/c1-21(2)28(30)32-19-18-31-27-16-13-25(14-17-27)24-11-8-23(9-12-24)20-26(29)15-10-22-6-4-3-5-7-22/h3-12,15,25,27H,1,13-14,16-20H2,2H3/b15-10+. The lowest BCUT2D eigenvalue weighted by atomic mass is 9.82. The van der Waals surface area contributed by atoms with Crippen LogP contribution in [0.5, 0.6) is 0 Å². The number of carbonyl (C=O) groups is 2. The molecular weight excluding hydrogens is 400 g/mol. The number of hydrogen-bond donors (Lipinski definition) is 0. The number of ether oxygens (including phenoxy) is 2. The molecule has 1 saturated carbocycles. The molecule has 2 aromatic rings. The van der Waals surface area contributed by atoms with Crippen LogP contribution < -0.4 is 0 Å². The van der Waals surface area contributed by atoms with Crippen LogP contribution in [0.15, 0.2) is 72.8 Å². The van der Waals surface area contributed by atoms with E-state index in [2.05, 4.69) is 30.8 Å². The Balaban J connectivity index is 1.39. The molecule has 0 aromatic heterocycles. The molecule has 0 unspecified atom stereocenters. The van der Waals surface area contributed by atoms with Crippen molar-refractivity contribution in [1.29, 1.82) is 0 Å². The van der Waals surface area contributed by atoms with Crippen molar-refractivity contribution < 1.29 is 19.1 Å². The first-order valence-electron chi connectivity index (χ1n) is 11.3. The number of esters is 1.